The molecule has 10 aromatic rings. The molecule has 10 aromatic carbocycles. The first-order valence-corrected chi connectivity index (χ1v) is 27.1. The van der Waals surface area contributed by atoms with Crippen LogP contribution in [0.2, 0.25) is 0 Å². The van der Waals surface area contributed by atoms with Crippen LogP contribution in [0.1, 0.15) is 116 Å². The van der Waals surface area contributed by atoms with Crippen molar-refractivity contribution in [2.24, 2.45) is 0 Å². The second-order valence-corrected chi connectivity index (χ2v) is 20.4. The minimum absolute atomic E-state index is 0.0577. The van der Waals surface area contributed by atoms with E-state index in [1.165, 1.54) is 48.6 Å². The standard InChI is InChI=1S/C73H44N2O10/c76-65(47-11-3-1-4-12-47)41-23-45-19-31-53(32-20-45)74-67(78)59-39-25-49(43-61(59)69(74)80)71(82)84-55-35-27-51(28-36-55)73(63-17-9-7-15-57(63)58-16-8-10-18-64(58)73)52-29-37-56(38-30-52)85-72(83)50-26-40-60-62(44-50)70(81)75(68(60)79)54-33-21-46(22-34-54)24-42-66(77)48-13-5-2-6-14-48/h1-44H/b41-23+,42-24+. The Hall–Kier alpha value is -11.8. The maximum atomic E-state index is 13.8. The number of nitrogens with zero attached hydrogens (tertiary/aromatic N) is 2. The van der Waals surface area contributed by atoms with Gasteiger partial charge in [-0.3, -0.25) is 28.8 Å². The number of hydrogen-bond acceptors (Lipinski definition) is 10. The molecule has 0 unspecified atom stereocenters. The molecule has 0 fully saturated rings. The zero-order valence-electron chi connectivity index (χ0n) is 44.9. The second-order valence-electron chi connectivity index (χ2n) is 20.4. The molecule has 0 aromatic heterocycles. The zero-order valence-corrected chi connectivity index (χ0v) is 44.9. The van der Waals surface area contributed by atoms with Gasteiger partial charge < -0.3 is 9.47 Å². The third-order valence-corrected chi connectivity index (χ3v) is 15.5. The van der Waals surface area contributed by atoms with Crippen LogP contribution in [0.3, 0.4) is 0 Å². The lowest BCUT2D eigenvalue weighted by Gasteiger charge is -2.34. The van der Waals surface area contributed by atoms with Gasteiger partial charge in [0.05, 0.1) is 50.2 Å². The molecule has 0 N–H and O–H groups in total. The van der Waals surface area contributed by atoms with Crippen molar-refractivity contribution in [2.75, 3.05) is 9.80 Å². The summed E-state index contributed by atoms with van der Waals surface area (Å²) in [5, 5.41) is 0. The van der Waals surface area contributed by atoms with Crippen LogP contribution < -0.4 is 19.3 Å². The van der Waals surface area contributed by atoms with Crippen molar-refractivity contribution in [1.29, 1.82) is 0 Å². The van der Waals surface area contributed by atoms with Crippen LogP contribution in [0.4, 0.5) is 11.4 Å². The van der Waals surface area contributed by atoms with E-state index in [2.05, 4.69) is 24.3 Å². The van der Waals surface area contributed by atoms with E-state index in [1.54, 1.807) is 133 Å². The van der Waals surface area contributed by atoms with Gasteiger partial charge in [0.25, 0.3) is 23.6 Å². The number of fused-ring (bicyclic) bond motifs is 5. The molecule has 0 saturated heterocycles. The van der Waals surface area contributed by atoms with Crippen LogP contribution in [-0.4, -0.2) is 47.1 Å². The predicted octanol–water partition coefficient (Wildman–Crippen LogP) is 13.9. The van der Waals surface area contributed by atoms with Crippen LogP contribution in [0.15, 0.2) is 255 Å². The highest BCUT2D eigenvalue weighted by Crippen LogP contribution is 2.56. The summed E-state index contributed by atoms with van der Waals surface area (Å²) in [7, 11) is 0. The number of carbonyl (C=O) groups excluding carboxylic acids is 8. The highest BCUT2D eigenvalue weighted by Gasteiger charge is 2.46. The molecule has 13 rings (SSSR count). The molecule has 0 atom stereocenters. The summed E-state index contributed by atoms with van der Waals surface area (Å²) in [6.07, 6.45) is 6.24. The van der Waals surface area contributed by atoms with Crippen molar-refractivity contribution >= 4 is 70.7 Å². The predicted molar refractivity (Wildman–Crippen MR) is 321 cm³/mol. The van der Waals surface area contributed by atoms with E-state index in [-0.39, 0.29) is 56.4 Å². The molecular weight excluding hydrogens is 1060 g/mol. The number of hydrogen-bond donors (Lipinski definition) is 0. The smallest absolute Gasteiger partial charge is 0.343 e. The number of rotatable bonds is 14. The highest BCUT2D eigenvalue weighted by atomic mass is 16.5. The number of ketones is 2. The van der Waals surface area contributed by atoms with Crippen LogP contribution in [0, 0.1) is 0 Å². The van der Waals surface area contributed by atoms with E-state index < -0.39 is 41.0 Å². The first-order valence-electron chi connectivity index (χ1n) is 27.1. The number of imide groups is 2. The third kappa shape index (κ3) is 9.45. The highest BCUT2D eigenvalue weighted by molar-refractivity contribution is 6.35. The minimum atomic E-state index is -0.896. The fourth-order valence-corrected chi connectivity index (χ4v) is 11.3. The summed E-state index contributed by atoms with van der Waals surface area (Å²) < 4.78 is 11.8. The first-order chi connectivity index (χ1) is 41.4. The van der Waals surface area contributed by atoms with Crippen molar-refractivity contribution in [3.05, 3.63) is 333 Å². The molecule has 406 valence electrons. The normalized spacial score (nSPS) is 13.6. The van der Waals surface area contributed by atoms with Gasteiger partial charge in [-0.2, -0.15) is 0 Å². The van der Waals surface area contributed by atoms with Crippen molar-refractivity contribution in [1.82, 2.24) is 0 Å². The molecule has 0 spiro atoms. The third-order valence-electron chi connectivity index (χ3n) is 15.5. The minimum Gasteiger partial charge on any atom is -0.423 e. The molecule has 4 amide bonds. The van der Waals surface area contributed by atoms with Crippen molar-refractivity contribution in [3.63, 3.8) is 0 Å². The number of benzene rings is 10. The molecule has 85 heavy (non-hydrogen) atoms. The van der Waals surface area contributed by atoms with Gasteiger partial charge in [0, 0.05) is 11.1 Å². The lowest BCUT2D eigenvalue weighted by Crippen LogP contribution is -2.29. The summed E-state index contributed by atoms with van der Waals surface area (Å²) >= 11 is 0. The van der Waals surface area contributed by atoms with Crippen molar-refractivity contribution in [2.45, 2.75) is 5.41 Å². The molecule has 3 aliphatic rings. The summed E-state index contributed by atoms with van der Waals surface area (Å²) in [6, 6.07) is 70.2. The van der Waals surface area contributed by atoms with Crippen LogP contribution >= 0.6 is 0 Å². The van der Waals surface area contributed by atoms with E-state index >= 15 is 0 Å². The lowest BCUT2D eigenvalue weighted by molar-refractivity contribution is 0.0725. The van der Waals surface area contributed by atoms with Gasteiger partial charge in [-0.15, -0.1) is 0 Å². The summed E-state index contributed by atoms with van der Waals surface area (Å²) in [5.74, 6) is -3.59. The Morgan fingerprint density at radius 2 is 0.682 bits per heavy atom. The number of carbonyl (C=O) groups is 8. The monoisotopic (exact) mass is 1110 g/mol. The van der Waals surface area contributed by atoms with Crippen LogP contribution in [0.5, 0.6) is 11.5 Å². The van der Waals surface area contributed by atoms with E-state index in [9.17, 15) is 38.4 Å². The Balaban J connectivity index is 0.710. The Morgan fingerprint density at radius 3 is 1.07 bits per heavy atom. The van der Waals surface area contributed by atoms with Gasteiger partial charge >= 0.3 is 11.9 Å². The van der Waals surface area contributed by atoms with E-state index in [1.807, 2.05) is 60.7 Å². The maximum absolute atomic E-state index is 13.8. The number of ether oxygens (including phenoxy) is 2. The van der Waals surface area contributed by atoms with E-state index in [4.69, 9.17) is 9.47 Å². The zero-order chi connectivity index (χ0) is 58.3. The quantitative estimate of drug-likeness (QED) is 0.0337. The topological polar surface area (TPSA) is 162 Å². The number of anilines is 2. The largest absolute Gasteiger partial charge is 0.423 e. The number of esters is 2. The average Bonchev–Trinajstić information content (AvgIpc) is 1.72. The van der Waals surface area contributed by atoms with Gasteiger partial charge in [0.1, 0.15) is 11.5 Å². The Kier molecular flexibility index (Phi) is 13.4. The molecule has 0 bridgehead atoms. The van der Waals surface area contributed by atoms with Gasteiger partial charge in [-0.25, -0.2) is 19.4 Å². The molecule has 0 saturated carbocycles. The Morgan fingerprint density at radius 1 is 0.329 bits per heavy atom. The van der Waals surface area contributed by atoms with E-state index in [0.717, 1.165) is 43.2 Å². The van der Waals surface area contributed by atoms with Gasteiger partial charge in [-0.1, -0.05) is 170 Å². The maximum Gasteiger partial charge on any atom is 0.343 e. The summed E-state index contributed by atoms with van der Waals surface area (Å²) in [5.41, 5.74) is 8.52. The SMILES string of the molecule is O=C(/C=C/c1ccc(N2C(=O)c3ccc(C(=O)Oc4ccc(C5(c6ccc(OC(=O)c7ccc8c(c7)C(=O)N(c7ccc(/C=C/C(=O)c9ccccc9)cc7)C8=O)cc6)c6ccccc6-c6ccccc65)cc4)cc3C2=O)cc1)c1ccccc1. The Labute approximate surface area is 486 Å². The first kappa shape index (κ1) is 52.6. The van der Waals surface area contributed by atoms with Gasteiger partial charge in [-0.05, 0) is 142 Å². The van der Waals surface area contributed by atoms with Crippen molar-refractivity contribution < 1.29 is 47.8 Å². The molecule has 2 aliphatic heterocycles. The average molecular weight is 1110 g/mol. The van der Waals surface area contributed by atoms with Crippen LogP contribution in [-0.2, 0) is 5.41 Å². The van der Waals surface area contributed by atoms with Gasteiger partial charge in [0.2, 0.25) is 0 Å². The molecule has 1 aliphatic carbocycles. The van der Waals surface area contributed by atoms with Gasteiger partial charge in [0.15, 0.2) is 11.6 Å². The summed E-state index contributed by atoms with van der Waals surface area (Å²) in [6.45, 7) is 0. The number of amides is 4. The molecular formula is C73H44N2O10. The van der Waals surface area contributed by atoms with E-state index in [0.29, 0.717) is 33.6 Å². The molecule has 0 radical (unpaired) electrons. The summed E-state index contributed by atoms with van der Waals surface area (Å²) in [4.78, 5) is 110. The number of allylic oxidation sites excluding steroid dienone is 2. The van der Waals surface area contributed by atoms with Crippen LogP contribution in [0.25, 0.3) is 23.3 Å². The van der Waals surface area contributed by atoms with Crippen molar-refractivity contribution in [3.8, 4) is 22.6 Å². The lowest BCUT2D eigenvalue weighted by atomic mass is 9.68. The molecule has 12 nitrogen and oxygen atoms in total. The Bertz CT molecular complexity index is 4200. The molecule has 12 heteroatoms. The second kappa shape index (κ2) is 21.6. The fourth-order valence-electron chi connectivity index (χ4n) is 11.3. The molecule has 2 heterocycles. The fraction of sp³-hybridized carbons (Fsp3) is 0.0137.